The van der Waals surface area contributed by atoms with E-state index in [0.717, 1.165) is 10.4 Å². The van der Waals surface area contributed by atoms with Gasteiger partial charge in [0, 0.05) is 16.9 Å². The van der Waals surface area contributed by atoms with Crippen LogP contribution in [-0.2, 0) is 16.0 Å². The van der Waals surface area contributed by atoms with Gasteiger partial charge in [-0.05, 0) is 11.6 Å². The number of esters is 1. The van der Waals surface area contributed by atoms with Crippen LogP contribution in [0.3, 0.4) is 0 Å². The van der Waals surface area contributed by atoms with Crippen molar-refractivity contribution in [1.29, 1.82) is 0 Å². The fraction of sp³-hybridized carbons (Fsp3) is 0.200. The van der Waals surface area contributed by atoms with E-state index >= 15 is 0 Å². The van der Waals surface area contributed by atoms with Gasteiger partial charge in [0.25, 0.3) is 5.56 Å². The van der Waals surface area contributed by atoms with E-state index in [9.17, 15) is 14.4 Å². The number of ketones is 1. The fourth-order valence-corrected chi connectivity index (χ4v) is 4.73. The Bertz CT molecular complexity index is 1330. The van der Waals surface area contributed by atoms with Gasteiger partial charge in [-0.25, -0.2) is 4.98 Å². The number of carbonyl (C=O) groups is 2. The first-order valence-electron chi connectivity index (χ1n) is 10.3. The average molecular weight is 447 g/mol. The number of ether oxygens (including phenoxy) is 1. The maximum absolute atomic E-state index is 13.6. The standard InChI is InChI=1S/C25H22N2O4S/c1-3-21-26-24-18(14-20(32-24)16-10-6-4-7-11-16)25(30)27(21)19(15-22(28)31-2)23(29)17-12-8-5-9-13-17/h4-14,19H,3,15H2,1-2H3. The topological polar surface area (TPSA) is 78.3 Å². The van der Waals surface area contributed by atoms with Gasteiger partial charge in [-0.1, -0.05) is 67.6 Å². The van der Waals surface area contributed by atoms with Crippen LogP contribution >= 0.6 is 11.3 Å². The summed E-state index contributed by atoms with van der Waals surface area (Å²) in [5, 5.41) is 0.432. The molecule has 4 rings (SSSR count). The highest BCUT2D eigenvalue weighted by Gasteiger charge is 2.29. The number of aryl methyl sites for hydroxylation is 1. The van der Waals surface area contributed by atoms with E-state index in [2.05, 4.69) is 0 Å². The second-order valence-electron chi connectivity index (χ2n) is 7.28. The lowest BCUT2D eigenvalue weighted by Gasteiger charge is -2.21. The molecule has 2 aromatic carbocycles. The Kier molecular flexibility index (Phi) is 6.28. The molecule has 2 aromatic heterocycles. The van der Waals surface area contributed by atoms with Gasteiger partial charge in [-0.2, -0.15) is 0 Å². The number of nitrogens with zero attached hydrogens (tertiary/aromatic N) is 2. The molecule has 0 aliphatic rings. The average Bonchev–Trinajstić information content (AvgIpc) is 3.28. The number of Topliss-reactive ketones (excluding diaryl/α,β-unsaturated/α-hetero) is 1. The lowest BCUT2D eigenvalue weighted by atomic mass is 10.0. The van der Waals surface area contributed by atoms with E-state index in [1.54, 1.807) is 30.3 Å². The van der Waals surface area contributed by atoms with Crippen LogP contribution in [0.15, 0.2) is 71.5 Å². The Morgan fingerprint density at radius 2 is 1.72 bits per heavy atom. The number of fused-ring (bicyclic) bond motifs is 1. The minimum absolute atomic E-state index is 0.250. The molecule has 0 amide bonds. The normalized spacial score (nSPS) is 11.9. The predicted molar refractivity (Wildman–Crippen MR) is 125 cm³/mol. The number of benzene rings is 2. The lowest BCUT2D eigenvalue weighted by Crippen LogP contribution is -2.34. The number of aromatic nitrogens is 2. The zero-order valence-corrected chi connectivity index (χ0v) is 18.6. The second-order valence-corrected chi connectivity index (χ2v) is 8.31. The molecule has 0 radical (unpaired) electrons. The maximum atomic E-state index is 13.6. The summed E-state index contributed by atoms with van der Waals surface area (Å²) in [7, 11) is 1.27. The van der Waals surface area contributed by atoms with Gasteiger partial charge in [0.15, 0.2) is 5.78 Å². The van der Waals surface area contributed by atoms with Gasteiger partial charge in [0.05, 0.1) is 18.9 Å². The molecule has 0 N–H and O–H groups in total. The molecule has 32 heavy (non-hydrogen) atoms. The molecule has 7 heteroatoms. The molecular formula is C25H22N2O4S. The van der Waals surface area contributed by atoms with Crippen molar-refractivity contribution in [2.45, 2.75) is 25.8 Å². The first-order valence-corrected chi connectivity index (χ1v) is 11.1. The third-order valence-corrected chi connectivity index (χ3v) is 6.38. The van der Waals surface area contributed by atoms with Crippen LogP contribution in [0.5, 0.6) is 0 Å². The smallest absolute Gasteiger partial charge is 0.308 e. The molecule has 0 fully saturated rings. The van der Waals surface area contributed by atoms with Crippen LogP contribution in [0, 0.1) is 0 Å². The molecule has 0 bridgehead atoms. The van der Waals surface area contributed by atoms with Crippen molar-refractivity contribution in [3.05, 3.63) is 88.5 Å². The monoisotopic (exact) mass is 446 g/mol. The van der Waals surface area contributed by atoms with Gasteiger partial charge < -0.3 is 4.74 Å². The number of thiophene rings is 1. The number of hydrogen-bond donors (Lipinski definition) is 0. The summed E-state index contributed by atoms with van der Waals surface area (Å²) < 4.78 is 6.20. The van der Waals surface area contributed by atoms with E-state index in [-0.39, 0.29) is 17.8 Å². The summed E-state index contributed by atoms with van der Waals surface area (Å²) in [4.78, 5) is 45.4. The van der Waals surface area contributed by atoms with Gasteiger partial charge in [0.1, 0.15) is 16.7 Å². The van der Waals surface area contributed by atoms with Crippen molar-refractivity contribution < 1.29 is 14.3 Å². The van der Waals surface area contributed by atoms with Crippen LogP contribution in [-0.4, -0.2) is 28.4 Å². The maximum Gasteiger partial charge on any atom is 0.308 e. The molecule has 1 unspecified atom stereocenters. The Morgan fingerprint density at radius 3 is 2.34 bits per heavy atom. The van der Waals surface area contributed by atoms with Crippen molar-refractivity contribution in [2.75, 3.05) is 7.11 Å². The number of rotatable bonds is 7. The Hall–Kier alpha value is -3.58. The zero-order valence-electron chi connectivity index (χ0n) is 17.8. The first kappa shape index (κ1) is 21.6. The summed E-state index contributed by atoms with van der Waals surface area (Å²) in [5.41, 5.74) is 1.08. The SMILES string of the molecule is CCc1nc2sc(-c3ccccc3)cc2c(=O)n1C(CC(=O)OC)C(=O)c1ccccc1. The molecule has 1 atom stereocenters. The van der Waals surface area contributed by atoms with Crippen LogP contribution in [0.1, 0.15) is 35.6 Å². The van der Waals surface area contributed by atoms with E-state index in [4.69, 9.17) is 9.72 Å². The number of carbonyl (C=O) groups excluding carboxylic acids is 2. The van der Waals surface area contributed by atoms with Gasteiger partial charge in [-0.3, -0.25) is 19.0 Å². The van der Waals surface area contributed by atoms with Crippen molar-refractivity contribution in [3.8, 4) is 10.4 Å². The van der Waals surface area contributed by atoms with Gasteiger partial charge >= 0.3 is 5.97 Å². The van der Waals surface area contributed by atoms with Crippen LogP contribution in [0.2, 0.25) is 0 Å². The largest absolute Gasteiger partial charge is 0.469 e. The van der Waals surface area contributed by atoms with Crippen molar-refractivity contribution in [3.63, 3.8) is 0 Å². The molecule has 0 aliphatic heterocycles. The van der Waals surface area contributed by atoms with Gasteiger partial charge in [0.2, 0.25) is 0 Å². The van der Waals surface area contributed by atoms with E-state index < -0.39 is 12.0 Å². The van der Waals surface area contributed by atoms with Gasteiger partial charge in [-0.15, -0.1) is 11.3 Å². The van der Waals surface area contributed by atoms with E-state index in [1.165, 1.54) is 23.0 Å². The van der Waals surface area contributed by atoms with E-state index in [1.807, 2.05) is 43.3 Å². The molecule has 6 nitrogen and oxygen atoms in total. The highest BCUT2D eigenvalue weighted by molar-refractivity contribution is 7.21. The van der Waals surface area contributed by atoms with Crippen LogP contribution in [0.4, 0.5) is 0 Å². The zero-order chi connectivity index (χ0) is 22.7. The molecule has 2 heterocycles. The Labute approximate surface area is 189 Å². The first-order chi connectivity index (χ1) is 15.5. The highest BCUT2D eigenvalue weighted by Crippen LogP contribution is 2.32. The molecule has 0 saturated heterocycles. The summed E-state index contributed by atoms with van der Waals surface area (Å²) >= 11 is 1.44. The second kappa shape index (κ2) is 9.28. The highest BCUT2D eigenvalue weighted by atomic mass is 32.1. The summed E-state index contributed by atoms with van der Waals surface area (Å²) in [6.07, 6.45) is 0.184. The molecule has 0 spiro atoms. The van der Waals surface area contributed by atoms with Crippen LogP contribution < -0.4 is 5.56 Å². The molecule has 162 valence electrons. The summed E-state index contributed by atoms with van der Waals surface area (Å²) in [6, 6.07) is 19.2. The summed E-state index contributed by atoms with van der Waals surface area (Å²) in [6.45, 7) is 1.87. The van der Waals surface area contributed by atoms with Crippen molar-refractivity contribution >= 4 is 33.3 Å². The number of hydrogen-bond acceptors (Lipinski definition) is 6. The molecule has 4 aromatic rings. The lowest BCUT2D eigenvalue weighted by molar-refractivity contribution is -0.141. The third-order valence-electron chi connectivity index (χ3n) is 5.31. The minimum Gasteiger partial charge on any atom is -0.469 e. The summed E-state index contributed by atoms with van der Waals surface area (Å²) in [5.74, 6) is -0.432. The molecular weight excluding hydrogens is 424 g/mol. The third kappa shape index (κ3) is 4.11. The number of methoxy groups -OCH3 is 1. The molecule has 0 aliphatic carbocycles. The Balaban J connectivity index is 1.90. The predicted octanol–water partition coefficient (Wildman–Crippen LogP) is 4.67. The van der Waals surface area contributed by atoms with Crippen molar-refractivity contribution in [1.82, 2.24) is 9.55 Å². The minimum atomic E-state index is -1.04. The van der Waals surface area contributed by atoms with Crippen LogP contribution in [0.25, 0.3) is 20.7 Å². The quantitative estimate of drug-likeness (QED) is 0.304. The van der Waals surface area contributed by atoms with Crippen molar-refractivity contribution in [2.24, 2.45) is 0 Å². The van der Waals surface area contributed by atoms with E-state index in [0.29, 0.717) is 28.0 Å². The fourth-order valence-electron chi connectivity index (χ4n) is 3.69. The Morgan fingerprint density at radius 1 is 1.06 bits per heavy atom. The molecule has 0 saturated carbocycles.